The number of esters is 1. The maximum Gasteiger partial charge on any atom is 0.341 e. The Balaban J connectivity index is 1.71. The number of rotatable bonds is 7. The average Bonchev–Trinajstić information content (AvgIpc) is 3.16. The van der Waals surface area contributed by atoms with E-state index in [2.05, 4.69) is 26.1 Å². The van der Waals surface area contributed by atoms with Crippen LogP contribution in [0.4, 0.5) is 5.00 Å². The molecule has 0 aliphatic rings. The molecule has 0 unspecified atom stereocenters. The maximum atomic E-state index is 13.6. The van der Waals surface area contributed by atoms with E-state index < -0.39 is 23.9 Å². The molecule has 0 fully saturated rings. The van der Waals surface area contributed by atoms with Gasteiger partial charge in [0, 0.05) is 15.5 Å². The van der Waals surface area contributed by atoms with E-state index in [1.54, 1.807) is 26.0 Å². The Morgan fingerprint density at radius 1 is 1.07 bits per heavy atom. The molecular weight excluding hydrogens is 550 g/mol. The Bertz CT molecular complexity index is 1660. The zero-order valence-corrected chi connectivity index (χ0v) is 25.2. The zero-order chi connectivity index (χ0) is 29.4. The van der Waals surface area contributed by atoms with Gasteiger partial charge in [0.05, 0.1) is 17.6 Å². The number of thiophene rings is 1. The van der Waals surface area contributed by atoms with Gasteiger partial charge in [0.2, 0.25) is 11.2 Å². The smallest absolute Gasteiger partial charge is 0.341 e. The van der Waals surface area contributed by atoms with Gasteiger partial charge in [-0.3, -0.25) is 9.59 Å². The molecule has 0 saturated heterocycles. The number of benzene rings is 2. The summed E-state index contributed by atoms with van der Waals surface area (Å²) in [6.45, 7) is 13.3. The molecule has 1 N–H and O–H groups in total. The maximum absolute atomic E-state index is 13.6. The fourth-order valence-corrected chi connectivity index (χ4v) is 5.43. The van der Waals surface area contributed by atoms with Gasteiger partial charge in [-0.2, -0.15) is 0 Å². The van der Waals surface area contributed by atoms with Gasteiger partial charge in [-0.25, -0.2) is 4.79 Å². The van der Waals surface area contributed by atoms with Crippen LogP contribution in [0.3, 0.4) is 0 Å². The fourth-order valence-electron chi connectivity index (χ4n) is 4.21. The highest BCUT2D eigenvalue weighted by atomic mass is 35.5. The van der Waals surface area contributed by atoms with Crippen LogP contribution >= 0.6 is 22.9 Å². The van der Waals surface area contributed by atoms with Crippen LogP contribution in [0.1, 0.15) is 59.6 Å². The molecule has 7 nitrogen and oxygen atoms in total. The average molecular weight is 582 g/mol. The number of aryl methyl sites for hydroxylation is 2. The van der Waals surface area contributed by atoms with Gasteiger partial charge in [-0.15, -0.1) is 11.3 Å². The summed E-state index contributed by atoms with van der Waals surface area (Å²) in [4.78, 5) is 40.0. The molecule has 0 spiro atoms. The van der Waals surface area contributed by atoms with Crippen LogP contribution in [0.5, 0.6) is 5.75 Å². The molecule has 2 aromatic carbocycles. The van der Waals surface area contributed by atoms with Gasteiger partial charge in [0.1, 0.15) is 10.6 Å². The van der Waals surface area contributed by atoms with E-state index in [1.165, 1.54) is 11.3 Å². The molecular formula is C31H32ClNO6S. The van der Waals surface area contributed by atoms with E-state index >= 15 is 0 Å². The first kappa shape index (κ1) is 29.4. The highest BCUT2D eigenvalue weighted by molar-refractivity contribution is 7.16. The second-order valence-electron chi connectivity index (χ2n) is 10.6. The van der Waals surface area contributed by atoms with Gasteiger partial charge >= 0.3 is 5.97 Å². The predicted octanol–water partition coefficient (Wildman–Crippen LogP) is 7.59. The van der Waals surface area contributed by atoms with Crippen LogP contribution in [0.25, 0.3) is 22.3 Å². The molecule has 0 atom stereocenters. The molecule has 0 saturated carbocycles. The molecule has 4 rings (SSSR count). The van der Waals surface area contributed by atoms with Crippen molar-refractivity contribution in [1.29, 1.82) is 0 Å². The molecule has 2 heterocycles. The van der Waals surface area contributed by atoms with Crippen LogP contribution in [0.15, 0.2) is 45.6 Å². The summed E-state index contributed by atoms with van der Waals surface area (Å²) in [5.74, 6) is -0.941. The van der Waals surface area contributed by atoms with Crippen LogP contribution < -0.4 is 15.5 Å². The minimum absolute atomic E-state index is 0.0606. The minimum Gasteiger partial charge on any atom is -0.476 e. The third kappa shape index (κ3) is 5.93. The number of hydrogen-bond acceptors (Lipinski definition) is 7. The number of carbonyl (C=O) groups excluding carboxylic acids is 2. The molecule has 1 amide bonds. The van der Waals surface area contributed by atoms with Gasteiger partial charge < -0.3 is 19.2 Å². The largest absolute Gasteiger partial charge is 0.476 e. The Labute approximate surface area is 242 Å². The Hall–Kier alpha value is -3.62. The lowest BCUT2D eigenvalue weighted by molar-refractivity contribution is -0.118. The molecule has 0 aliphatic heterocycles. The molecule has 9 heteroatoms. The quantitative estimate of drug-likeness (QED) is 0.226. The summed E-state index contributed by atoms with van der Waals surface area (Å²) in [5.41, 5.74) is 3.42. The topological polar surface area (TPSA) is 94.8 Å². The van der Waals surface area contributed by atoms with Crippen molar-refractivity contribution < 1.29 is 23.5 Å². The highest BCUT2D eigenvalue weighted by Gasteiger charge is 2.24. The van der Waals surface area contributed by atoms with Gasteiger partial charge in [-0.1, -0.05) is 56.6 Å². The Kier molecular flexibility index (Phi) is 8.42. The first-order valence-corrected chi connectivity index (χ1v) is 14.1. The Morgan fingerprint density at radius 2 is 1.75 bits per heavy atom. The highest BCUT2D eigenvalue weighted by Crippen LogP contribution is 2.35. The second kappa shape index (κ2) is 11.5. The molecule has 40 heavy (non-hydrogen) atoms. The molecule has 0 aliphatic carbocycles. The molecule has 0 bridgehead atoms. The van der Waals surface area contributed by atoms with Crippen molar-refractivity contribution in [3.8, 4) is 17.1 Å². The predicted molar refractivity (Wildman–Crippen MR) is 160 cm³/mol. The lowest BCUT2D eigenvalue weighted by atomic mass is 9.86. The SMILES string of the molecule is CCOC(=O)c1c(NC(=O)COc2c(-c3ccc(C(C)(C)C)cc3)oc3cc(C)c(Cl)cc3c2=O)sc(C)c1C. The van der Waals surface area contributed by atoms with Crippen molar-refractivity contribution in [2.45, 2.75) is 53.9 Å². The molecule has 4 aromatic rings. The third-order valence-electron chi connectivity index (χ3n) is 6.61. The van der Waals surface area contributed by atoms with Crippen molar-refractivity contribution in [2.24, 2.45) is 0 Å². The van der Waals surface area contributed by atoms with Crippen LogP contribution in [-0.2, 0) is 14.9 Å². The van der Waals surface area contributed by atoms with E-state index in [0.29, 0.717) is 26.7 Å². The summed E-state index contributed by atoms with van der Waals surface area (Å²) in [7, 11) is 0. The summed E-state index contributed by atoms with van der Waals surface area (Å²) in [5, 5.41) is 3.77. The number of hydrogen-bond donors (Lipinski definition) is 1. The van der Waals surface area contributed by atoms with Crippen molar-refractivity contribution in [2.75, 3.05) is 18.5 Å². The lowest BCUT2D eigenvalue weighted by Gasteiger charge is -2.19. The lowest BCUT2D eigenvalue weighted by Crippen LogP contribution is -2.23. The second-order valence-corrected chi connectivity index (χ2v) is 12.2. The van der Waals surface area contributed by atoms with Crippen LogP contribution in [0, 0.1) is 20.8 Å². The third-order valence-corrected chi connectivity index (χ3v) is 8.14. The van der Waals surface area contributed by atoms with Gasteiger partial charge in [-0.05, 0) is 61.9 Å². The van der Waals surface area contributed by atoms with E-state index in [-0.39, 0.29) is 28.9 Å². The number of carbonyl (C=O) groups is 2. The zero-order valence-electron chi connectivity index (χ0n) is 23.6. The molecule has 0 radical (unpaired) electrons. The van der Waals surface area contributed by atoms with Crippen molar-refractivity contribution in [1.82, 2.24) is 0 Å². The van der Waals surface area contributed by atoms with Gasteiger partial charge in [0.15, 0.2) is 12.4 Å². The van der Waals surface area contributed by atoms with Crippen LogP contribution in [-0.4, -0.2) is 25.1 Å². The van der Waals surface area contributed by atoms with E-state index in [9.17, 15) is 14.4 Å². The summed E-state index contributed by atoms with van der Waals surface area (Å²) in [6.07, 6.45) is 0. The summed E-state index contributed by atoms with van der Waals surface area (Å²) < 4.78 is 17.2. The standard InChI is InChI=1S/C31H32ClNO6S/c1-8-37-30(36)25-17(3)18(4)40-29(25)33-24(34)15-38-28-26(35)21-14-22(32)16(2)13-23(21)39-27(28)19-9-11-20(12-10-19)31(5,6)7/h9-14H,8,15H2,1-7H3,(H,33,34). The van der Waals surface area contributed by atoms with Crippen molar-refractivity contribution in [3.63, 3.8) is 0 Å². The normalized spacial score (nSPS) is 11.5. The number of amides is 1. The van der Waals surface area contributed by atoms with Crippen molar-refractivity contribution in [3.05, 3.63) is 78.8 Å². The first-order chi connectivity index (χ1) is 18.8. The monoisotopic (exact) mass is 581 g/mol. The minimum atomic E-state index is -0.540. The molecule has 2 aromatic heterocycles. The number of ether oxygens (including phenoxy) is 2. The number of nitrogens with one attached hydrogen (secondary N) is 1. The van der Waals surface area contributed by atoms with Gasteiger partial charge in [0.25, 0.3) is 5.91 Å². The summed E-state index contributed by atoms with van der Waals surface area (Å²) >= 11 is 7.58. The van der Waals surface area contributed by atoms with Crippen LogP contribution in [0.2, 0.25) is 5.02 Å². The fraction of sp³-hybridized carbons (Fsp3) is 0.323. The van der Waals surface area contributed by atoms with E-state index in [0.717, 1.165) is 21.6 Å². The number of fused-ring (bicyclic) bond motifs is 1. The number of halogens is 1. The molecule has 210 valence electrons. The van der Waals surface area contributed by atoms with Crippen molar-refractivity contribution >= 4 is 50.8 Å². The Morgan fingerprint density at radius 3 is 2.38 bits per heavy atom. The van der Waals surface area contributed by atoms with E-state index in [4.69, 9.17) is 25.5 Å². The van der Waals surface area contributed by atoms with E-state index in [1.807, 2.05) is 38.1 Å². The summed E-state index contributed by atoms with van der Waals surface area (Å²) in [6, 6.07) is 10.9. The first-order valence-electron chi connectivity index (χ1n) is 12.9. The number of anilines is 1.